The maximum atomic E-state index is 11.9. The van der Waals surface area contributed by atoms with Crippen LogP contribution in [-0.2, 0) is 11.3 Å². The maximum absolute atomic E-state index is 11.9. The summed E-state index contributed by atoms with van der Waals surface area (Å²) >= 11 is 1.15. The smallest absolute Gasteiger partial charge is 0.271 e. The molecule has 0 atom stereocenters. The summed E-state index contributed by atoms with van der Waals surface area (Å²) < 4.78 is 3.82. The molecule has 0 spiro atoms. The molecule has 0 aliphatic carbocycles. The molecule has 15 heavy (non-hydrogen) atoms. The molecule has 0 unspecified atom stereocenters. The van der Waals surface area contributed by atoms with Gasteiger partial charge in [-0.3, -0.25) is 9.63 Å². The van der Waals surface area contributed by atoms with Crippen molar-refractivity contribution in [1.82, 2.24) is 14.7 Å². The van der Waals surface area contributed by atoms with Crippen LogP contribution in [0.15, 0.2) is 0 Å². The van der Waals surface area contributed by atoms with Crippen LogP contribution in [0.25, 0.3) is 0 Å². The zero-order valence-electron chi connectivity index (χ0n) is 8.60. The number of aryl methyl sites for hydroxylation is 1. The first kappa shape index (κ1) is 10.5. The van der Waals surface area contributed by atoms with Crippen molar-refractivity contribution in [2.24, 2.45) is 0 Å². The van der Waals surface area contributed by atoms with Gasteiger partial charge in [0.1, 0.15) is 4.88 Å². The van der Waals surface area contributed by atoms with Gasteiger partial charge in [0.05, 0.1) is 18.8 Å². The van der Waals surface area contributed by atoms with E-state index in [0.717, 1.165) is 36.5 Å². The number of carbonyl (C=O) groups is 1. The minimum Gasteiger partial charge on any atom is -0.271 e. The molecule has 1 fully saturated rings. The van der Waals surface area contributed by atoms with E-state index in [2.05, 4.69) is 16.5 Å². The summed E-state index contributed by atoms with van der Waals surface area (Å²) in [5.74, 6) is -0.0917. The number of nitrogens with zero attached hydrogens (tertiary/aromatic N) is 3. The molecule has 0 radical (unpaired) electrons. The number of hydrogen-bond acceptors (Lipinski definition) is 5. The number of amides is 1. The van der Waals surface area contributed by atoms with Crippen molar-refractivity contribution < 1.29 is 9.63 Å². The minimum absolute atomic E-state index is 0.0917. The Bertz CT molecular complexity index is 347. The number of carbonyl (C=O) groups excluding carboxylic acids is 1. The summed E-state index contributed by atoms with van der Waals surface area (Å²) in [6.07, 6.45) is 2.67. The summed E-state index contributed by atoms with van der Waals surface area (Å²) in [6.45, 7) is 3.35. The third-order valence-electron chi connectivity index (χ3n) is 2.22. The van der Waals surface area contributed by atoms with Crippen molar-refractivity contribution in [1.29, 1.82) is 0 Å². The highest BCUT2D eigenvalue weighted by Crippen LogP contribution is 2.17. The lowest BCUT2D eigenvalue weighted by atomic mass is 10.2. The van der Waals surface area contributed by atoms with Crippen molar-refractivity contribution in [2.45, 2.75) is 26.2 Å². The molecule has 2 heterocycles. The highest BCUT2D eigenvalue weighted by atomic mass is 32.1. The van der Waals surface area contributed by atoms with Crippen molar-refractivity contribution in [3.8, 4) is 0 Å². The normalized spacial score (nSPS) is 15.9. The van der Waals surface area contributed by atoms with Crippen LogP contribution in [-0.4, -0.2) is 33.7 Å². The quantitative estimate of drug-likeness (QED) is 0.780. The molecule has 2 rings (SSSR count). The first-order valence-corrected chi connectivity index (χ1v) is 5.86. The summed E-state index contributed by atoms with van der Waals surface area (Å²) in [6, 6.07) is 0. The summed E-state index contributed by atoms with van der Waals surface area (Å²) in [4.78, 5) is 17.8. The van der Waals surface area contributed by atoms with E-state index in [1.54, 1.807) is 0 Å². The third-order valence-corrected chi connectivity index (χ3v) is 2.97. The van der Waals surface area contributed by atoms with Gasteiger partial charge in [0.25, 0.3) is 5.91 Å². The monoisotopic (exact) mass is 227 g/mol. The molecule has 0 N–H and O–H groups in total. The van der Waals surface area contributed by atoms with E-state index in [4.69, 9.17) is 4.84 Å². The highest BCUT2D eigenvalue weighted by Gasteiger charge is 2.25. The van der Waals surface area contributed by atoms with E-state index in [0.29, 0.717) is 18.0 Å². The third kappa shape index (κ3) is 2.15. The molecule has 1 aliphatic heterocycles. The Balaban J connectivity index is 2.13. The molecule has 1 aromatic heterocycles. The van der Waals surface area contributed by atoms with Crippen LogP contribution in [0, 0.1) is 0 Å². The van der Waals surface area contributed by atoms with Crippen LogP contribution >= 0.6 is 11.5 Å². The lowest BCUT2D eigenvalue weighted by Crippen LogP contribution is -2.26. The zero-order valence-corrected chi connectivity index (χ0v) is 9.42. The largest absolute Gasteiger partial charge is 0.291 e. The first-order chi connectivity index (χ1) is 7.33. The van der Waals surface area contributed by atoms with Crippen molar-refractivity contribution in [3.05, 3.63) is 10.6 Å². The molecule has 0 bridgehead atoms. The summed E-state index contributed by atoms with van der Waals surface area (Å²) in [7, 11) is 0. The number of aromatic nitrogens is 2. The van der Waals surface area contributed by atoms with Crippen LogP contribution in [0.1, 0.15) is 35.1 Å². The van der Waals surface area contributed by atoms with Crippen LogP contribution in [0.2, 0.25) is 0 Å². The Labute approximate surface area is 92.2 Å². The predicted molar refractivity (Wildman–Crippen MR) is 55.5 cm³/mol. The van der Waals surface area contributed by atoms with Crippen molar-refractivity contribution in [2.75, 3.05) is 13.2 Å². The van der Waals surface area contributed by atoms with Crippen molar-refractivity contribution >= 4 is 17.4 Å². The maximum Gasteiger partial charge on any atom is 0.291 e. The fourth-order valence-electron chi connectivity index (χ4n) is 1.49. The second kappa shape index (κ2) is 4.67. The van der Waals surface area contributed by atoms with Crippen LogP contribution < -0.4 is 0 Å². The number of hydroxylamine groups is 2. The van der Waals surface area contributed by atoms with Gasteiger partial charge in [-0.1, -0.05) is 17.8 Å². The van der Waals surface area contributed by atoms with E-state index in [1.807, 2.05) is 0 Å². The van der Waals surface area contributed by atoms with Gasteiger partial charge in [0.2, 0.25) is 0 Å². The van der Waals surface area contributed by atoms with Gasteiger partial charge in [-0.05, 0) is 24.4 Å². The Kier molecular flexibility index (Phi) is 3.27. The lowest BCUT2D eigenvalue weighted by molar-refractivity contribution is -0.0766. The molecule has 1 aromatic rings. The topological polar surface area (TPSA) is 55.3 Å². The highest BCUT2D eigenvalue weighted by molar-refractivity contribution is 7.07. The number of rotatable bonds is 3. The van der Waals surface area contributed by atoms with Crippen LogP contribution in [0.5, 0.6) is 0 Å². The Hall–Kier alpha value is -1.01. The SMILES string of the molecule is CCCc1nnsc1C(=O)N1CCCO1. The number of hydrogen-bond donors (Lipinski definition) is 0. The van der Waals surface area contributed by atoms with Gasteiger partial charge in [0.15, 0.2) is 0 Å². The Morgan fingerprint density at radius 1 is 1.67 bits per heavy atom. The first-order valence-electron chi connectivity index (χ1n) is 5.09. The molecular formula is C9H13N3O2S. The molecular weight excluding hydrogens is 214 g/mol. The van der Waals surface area contributed by atoms with Gasteiger partial charge < -0.3 is 0 Å². The molecule has 5 nitrogen and oxygen atoms in total. The van der Waals surface area contributed by atoms with Gasteiger partial charge in [0, 0.05) is 0 Å². The molecule has 0 aromatic carbocycles. The van der Waals surface area contributed by atoms with E-state index < -0.39 is 0 Å². The predicted octanol–water partition coefficient (Wildman–Crippen LogP) is 1.27. The summed E-state index contributed by atoms with van der Waals surface area (Å²) in [5.41, 5.74) is 0.794. The molecule has 82 valence electrons. The van der Waals surface area contributed by atoms with Gasteiger partial charge in [-0.2, -0.15) is 0 Å². The van der Waals surface area contributed by atoms with Crippen molar-refractivity contribution in [3.63, 3.8) is 0 Å². The average molecular weight is 227 g/mol. The van der Waals surface area contributed by atoms with Crippen LogP contribution in [0.3, 0.4) is 0 Å². The molecule has 0 saturated carbocycles. The average Bonchev–Trinajstić information content (AvgIpc) is 2.87. The standard InChI is InChI=1S/C9H13N3O2S/c1-2-4-7-8(15-11-10-7)9(13)12-5-3-6-14-12/h2-6H2,1H3. The van der Waals surface area contributed by atoms with Gasteiger partial charge in [-0.15, -0.1) is 5.10 Å². The fraction of sp³-hybridized carbons (Fsp3) is 0.667. The molecule has 1 saturated heterocycles. The Morgan fingerprint density at radius 2 is 2.53 bits per heavy atom. The summed E-state index contributed by atoms with van der Waals surface area (Å²) in [5, 5.41) is 5.37. The van der Waals surface area contributed by atoms with Crippen LogP contribution in [0.4, 0.5) is 0 Å². The van der Waals surface area contributed by atoms with E-state index >= 15 is 0 Å². The second-order valence-corrected chi connectivity index (χ2v) is 4.15. The van der Waals surface area contributed by atoms with E-state index in [-0.39, 0.29) is 5.91 Å². The zero-order chi connectivity index (χ0) is 10.7. The Morgan fingerprint density at radius 3 is 3.20 bits per heavy atom. The fourth-order valence-corrected chi connectivity index (χ4v) is 2.14. The van der Waals surface area contributed by atoms with E-state index in [9.17, 15) is 4.79 Å². The molecule has 1 amide bonds. The molecule has 1 aliphatic rings. The minimum atomic E-state index is -0.0917. The van der Waals surface area contributed by atoms with Gasteiger partial charge in [-0.25, -0.2) is 5.06 Å². The molecule has 6 heteroatoms. The van der Waals surface area contributed by atoms with E-state index in [1.165, 1.54) is 5.06 Å². The van der Waals surface area contributed by atoms with Gasteiger partial charge >= 0.3 is 0 Å². The lowest BCUT2D eigenvalue weighted by Gasteiger charge is -2.12. The second-order valence-electron chi connectivity index (χ2n) is 3.39.